The predicted molar refractivity (Wildman–Crippen MR) is 69.0 cm³/mol. The highest BCUT2D eigenvalue weighted by atomic mass is 16.6. The smallest absolute Gasteiger partial charge is 0.293 e. The molecule has 1 unspecified atom stereocenters. The standard InChI is InChI=1S/C13H16N2O5/c1-3-12-13(2,17)11(16)6-10(20-12)8-4-5-14-7-9(8)15(18)19/h4-5,7,10,12,17H,3,6H2,1-2H3/t10?,12-,13+/m1/s1. The molecule has 0 spiro atoms. The van der Waals surface area contributed by atoms with Gasteiger partial charge < -0.3 is 9.84 Å². The summed E-state index contributed by atoms with van der Waals surface area (Å²) in [5.41, 5.74) is -1.42. The third-order valence-electron chi connectivity index (χ3n) is 3.64. The number of Topliss-reactive ketones (excluding diaryl/α,β-unsaturated/α-hetero) is 1. The van der Waals surface area contributed by atoms with Gasteiger partial charge in [0.1, 0.15) is 11.8 Å². The van der Waals surface area contributed by atoms with Crippen molar-refractivity contribution in [2.24, 2.45) is 0 Å². The molecule has 1 saturated heterocycles. The Hall–Kier alpha value is -1.86. The van der Waals surface area contributed by atoms with Crippen LogP contribution in [0.25, 0.3) is 0 Å². The lowest BCUT2D eigenvalue weighted by Gasteiger charge is -2.39. The molecular formula is C13H16N2O5. The van der Waals surface area contributed by atoms with Crippen molar-refractivity contribution in [1.82, 2.24) is 4.98 Å². The van der Waals surface area contributed by atoms with E-state index in [-0.39, 0.29) is 17.9 Å². The number of ketones is 1. The lowest BCUT2D eigenvalue weighted by molar-refractivity contribution is -0.386. The predicted octanol–water partition coefficient (Wildman–Crippen LogP) is 1.55. The fraction of sp³-hybridized carbons (Fsp3) is 0.538. The molecule has 0 amide bonds. The van der Waals surface area contributed by atoms with Gasteiger partial charge in [-0.15, -0.1) is 0 Å². The second-order valence-electron chi connectivity index (χ2n) is 4.99. The summed E-state index contributed by atoms with van der Waals surface area (Å²) in [6.07, 6.45) is 1.50. The molecule has 1 aliphatic heterocycles. The highest BCUT2D eigenvalue weighted by Crippen LogP contribution is 2.38. The minimum absolute atomic E-state index is 0.0889. The molecule has 7 heteroatoms. The molecule has 0 aromatic carbocycles. The van der Waals surface area contributed by atoms with Gasteiger partial charge in [0.2, 0.25) is 0 Å². The molecule has 2 heterocycles. The van der Waals surface area contributed by atoms with Crippen LogP contribution < -0.4 is 0 Å². The summed E-state index contributed by atoms with van der Waals surface area (Å²) in [6.45, 7) is 3.20. The van der Waals surface area contributed by atoms with Crippen molar-refractivity contribution in [1.29, 1.82) is 0 Å². The number of carbonyl (C=O) groups is 1. The Kier molecular flexibility index (Phi) is 3.82. The first-order chi connectivity index (χ1) is 9.37. The zero-order chi connectivity index (χ0) is 14.9. The zero-order valence-corrected chi connectivity index (χ0v) is 11.3. The fourth-order valence-corrected chi connectivity index (χ4v) is 2.43. The van der Waals surface area contributed by atoms with Crippen molar-refractivity contribution in [2.45, 2.75) is 44.5 Å². The molecule has 2 rings (SSSR count). The summed E-state index contributed by atoms with van der Waals surface area (Å²) in [4.78, 5) is 26.2. The van der Waals surface area contributed by atoms with Crippen LogP contribution in [0.2, 0.25) is 0 Å². The van der Waals surface area contributed by atoms with Gasteiger partial charge in [-0.1, -0.05) is 6.92 Å². The molecule has 7 nitrogen and oxygen atoms in total. The van der Waals surface area contributed by atoms with Crippen LogP contribution in [0.1, 0.15) is 38.4 Å². The lowest BCUT2D eigenvalue weighted by Crippen LogP contribution is -2.52. The van der Waals surface area contributed by atoms with Crippen LogP contribution in [-0.2, 0) is 9.53 Å². The minimum atomic E-state index is -1.55. The number of aromatic nitrogens is 1. The second-order valence-corrected chi connectivity index (χ2v) is 4.99. The Morgan fingerprint density at radius 1 is 1.65 bits per heavy atom. The summed E-state index contributed by atoms with van der Waals surface area (Å²) in [5, 5.41) is 21.1. The second kappa shape index (κ2) is 5.26. The molecule has 3 atom stereocenters. The maximum Gasteiger partial charge on any atom is 0.293 e. The minimum Gasteiger partial charge on any atom is -0.380 e. The van der Waals surface area contributed by atoms with Crippen LogP contribution in [0, 0.1) is 10.1 Å². The maximum atomic E-state index is 12.0. The summed E-state index contributed by atoms with van der Waals surface area (Å²) >= 11 is 0. The Balaban J connectivity index is 2.36. The monoisotopic (exact) mass is 280 g/mol. The Labute approximate surface area is 115 Å². The van der Waals surface area contributed by atoms with Crippen molar-refractivity contribution in [2.75, 3.05) is 0 Å². The Morgan fingerprint density at radius 2 is 2.35 bits per heavy atom. The van der Waals surface area contributed by atoms with Gasteiger partial charge >= 0.3 is 0 Å². The van der Waals surface area contributed by atoms with E-state index in [9.17, 15) is 20.0 Å². The zero-order valence-electron chi connectivity index (χ0n) is 11.3. The van der Waals surface area contributed by atoms with Gasteiger partial charge in [0.25, 0.3) is 5.69 Å². The summed E-state index contributed by atoms with van der Waals surface area (Å²) in [5.74, 6) is -0.369. The molecule has 20 heavy (non-hydrogen) atoms. The molecule has 0 aliphatic carbocycles. The first-order valence-corrected chi connectivity index (χ1v) is 6.37. The highest BCUT2D eigenvalue weighted by Gasteiger charge is 2.46. The van der Waals surface area contributed by atoms with Crippen LogP contribution in [0.15, 0.2) is 18.5 Å². The molecule has 1 fully saturated rings. The van der Waals surface area contributed by atoms with Crippen molar-refractivity contribution >= 4 is 11.5 Å². The topological polar surface area (TPSA) is 103 Å². The first kappa shape index (κ1) is 14.5. The molecular weight excluding hydrogens is 264 g/mol. The van der Waals surface area contributed by atoms with Crippen LogP contribution in [0.3, 0.4) is 0 Å². The van der Waals surface area contributed by atoms with Gasteiger partial charge in [-0.3, -0.25) is 19.9 Å². The van der Waals surface area contributed by atoms with Crippen molar-refractivity contribution in [3.05, 3.63) is 34.1 Å². The number of carbonyl (C=O) groups excluding carboxylic acids is 1. The van der Waals surface area contributed by atoms with Crippen LogP contribution >= 0.6 is 0 Å². The van der Waals surface area contributed by atoms with E-state index in [1.165, 1.54) is 19.2 Å². The molecule has 0 bridgehead atoms. The van der Waals surface area contributed by atoms with Crippen LogP contribution in [-0.4, -0.2) is 32.5 Å². The van der Waals surface area contributed by atoms with E-state index in [0.717, 1.165) is 6.20 Å². The number of pyridine rings is 1. The summed E-state index contributed by atoms with van der Waals surface area (Å²) < 4.78 is 5.70. The van der Waals surface area contributed by atoms with E-state index >= 15 is 0 Å². The van der Waals surface area contributed by atoms with Crippen LogP contribution in [0.4, 0.5) is 5.69 Å². The maximum absolute atomic E-state index is 12.0. The molecule has 108 valence electrons. The van der Waals surface area contributed by atoms with E-state index in [2.05, 4.69) is 4.98 Å². The number of hydrogen-bond acceptors (Lipinski definition) is 6. The lowest BCUT2D eigenvalue weighted by atomic mass is 9.84. The number of aliphatic hydroxyl groups is 1. The van der Waals surface area contributed by atoms with E-state index in [1.54, 1.807) is 6.92 Å². The normalized spacial score (nSPS) is 30.2. The molecule has 1 N–H and O–H groups in total. The Morgan fingerprint density at radius 3 is 2.95 bits per heavy atom. The third-order valence-corrected chi connectivity index (χ3v) is 3.64. The van der Waals surface area contributed by atoms with Gasteiger partial charge in [-0.2, -0.15) is 0 Å². The number of ether oxygens (including phenoxy) is 1. The van der Waals surface area contributed by atoms with Gasteiger partial charge in [0.05, 0.1) is 22.7 Å². The summed E-state index contributed by atoms with van der Waals surface area (Å²) in [6, 6.07) is 1.48. The number of nitrogens with zero attached hydrogens (tertiary/aromatic N) is 2. The van der Waals surface area contributed by atoms with Gasteiger partial charge in [-0.25, -0.2) is 0 Å². The van der Waals surface area contributed by atoms with Gasteiger partial charge in [0, 0.05) is 12.6 Å². The molecule has 1 aromatic rings. The number of rotatable bonds is 3. The molecule has 1 aliphatic rings. The van der Waals surface area contributed by atoms with Gasteiger partial charge in [-0.05, 0) is 19.4 Å². The largest absolute Gasteiger partial charge is 0.380 e. The van der Waals surface area contributed by atoms with Gasteiger partial charge in [0.15, 0.2) is 5.78 Å². The number of hydrogen-bond donors (Lipinski definition) is 1. The van der Waals surface area contributed by atoms with Crippen molar-refractivity contribution in [3.8, 4) is 0 Å². The molecule has 1 aromatic heterocycles. The highest BCUT2D eigenvalue weighted by molar-refractivity contribution is 5.88. The van der Waals surface area contributed by atoms with E-state index in [0.29, 0.717) is 12.0 Å². The average Bonchev–Trinajstić information content (AvgIpc) is 2.41. The van der Waals surface area contributed by atoms with E-state index < -0.39 is 22.7 Å². The van der Waals surface area contributed by atoms with E-state index in [1.807, 2.05) is 0 Å². The van der Waals surface area contributed by atoms with Crippen molar-refractivity contribution in [3.63, 3.8) is 0 Å². The van der Waals surface area contributed by atoms with Crippen LogP contribution in [0.5, 0.6) is 0 Å². The first-order valence-electron chi connectivity index (χ1n) is 6.37. The van der Waals surface area contributed by atoms with E-state index in [4.69, 9.17) is 4.74 Å². The molecule has 0 saturated carbocycles. The average molecular weight is 280 g/mol. The quantitative estimate of drug-likeness (QED) is 0.665. The number of nitro groups is 1. The third kappa shape index (κ3) is 2.41. The Bertz CT molecular complexity index is 543. The molecule has 0 radical (unpaired) electrons. The fourth-order valence-electron chi connectivity index (χ4n) is 2.43. The summed E-state index contributed by atoms with van der Waals surface area (Å²) in [7, 11) is 0. The SMILES string of the molecule is CC[C@H]1OC(c2ccncc2[N+](=O)[O-])CC(=O)[C@]1(C)O. The van der Waals surface area contributed by atoms with Crippen molar-refractivity contribution < 1.29 is 19.6 Å².